The molecule has 1 aromatic carbocycles. The lowest BCUT2D eigenvalue weighted by Gasteiger charge is -2.11. The summed E-state index contributed by atoms with van der Waals surface area (Å²) < 4.78 is 26.5. The first kappa shape index (κ1) is 12.6. The molecule has 0 saturated carbocycles. The predicted octanol–water partition coefficient (Wildman–Crippen LogP) is 2.50. The molecule has 0 saturated heterocycles. The van der Waals surface area contributed by atoms with Crippen molar-refractivity contribution in [2.75, 3.05) is 0 Å². The van der Waals surface area contributed by atoms with Gasteiger partial charge in [-0.25, -0.2) is 13.6 Å². The van der Waals surface area contributed by atoms with Crippen LogP contribution in [0.15, 0.2) is 12.1 Å². The fraction of sp³-hybridized carbons (Fsp3) is 0.364. The van der Waals surface area contributed by atoms with Gasteiger partial charge in [0.15, 0.2) is 0 Å². The Kier molecular flexibility index (Phi) is 3.95. The van der Waals surface area contributed by atoms with Gasteiger partial charge in [-0.15, -0.1) is 0 Å². The second-order valence-electron chi connectivity index (χ2n) is 3.47. The van der Waals surface area contributed by atoms with Gasteiger partial charge in [-0.3, -0.25) is 0 Å². The standard InChI is InChI=1S/C11H12F2O3/c1-2-3-9(14)6-4-7(12)10(11(15)16)8(13)5-6/h4-5,9,14H,2-3H2,1H3,(H,15,16). The first-order valence-electron chi connectivity index (χ1n) is 4.87. The molecule has 0 aromatic heterocycles. The summed E-state index contributed by atoms with van der Waals surface area (Å²) in [5.41, 5.74) is -0.936. The molecular weight excluding hydrogens is 218 g/mol. The Morgan fingerprint density at radius 3 is 2.25 bits per heavy atom. The molecule has 1 rings (SSSR count). The molecule has 5 heteroatoms. The molecule has 3 nitrogen and oxygen atoms in total. The molecule has 0 aliphatic heterocycles. The molecule has 0 aliphatic carbocycles. The van der Waals surface area contributed by atoms with E-state index in [1.54, 1.807) is 0 Å². The fourth-order valence-electron chi connectivity index (χ4n) is 1.43. The highest BCUT2D eigenvalue weighted by Crippen LogP contribution is 2.23. The summed E-state index contributed by atoms with van der Waals surface area (Å²) in [7, 11) is 0. The maximum Gasteiger partial charge on any atom is 0.341 e. The molecule has 1 unspecified atom stereocenters. The van der Waals surface area contributed by atoms with Crippen molar-refractivity contribution in [1.29, 1.82) is 0 Å². The van der Waals surface area contributed by atoms with Crippen LogP contribution >= 0.6 is 0 Å². The minimum atomic E-state index is -1.66. The van der Waals surface area contributed by atoms with Gasteiger partial charge in [-0.2, -0.15) is 0 Å². The summed E-state index contributed by atoms with van der Waals surface area (Å²) in [6.07, 6.45) is 0.0490. The molecule has 1 aromatic rings. The van der Waals surface area contributed by atoms with Crippen molar-refractivity contribution < 1.29 is 23.8 Å². The quantitative estimate of drug-likeness (QED) is 0.835. The number of halogens is 2. The largest absolute Gasteiger partial charge is 0.477 e. The number of carboxylic acid groups (broad SMARTS) is 1. The third kappa shape index (κ3) is 2.55. The number of aliphatic hydroxyl groups excluding tert-OH is 1. The molecule has 16 heavy (non-hydrogen) atoms. The van der Waals surface area contributed by atoms with Gasteiger partial charge in [0.05, 0.1) is 6.10 Å². The molecule has 0 fully saturated rings. The van der Waals surface area contributed by atoms with Crippen LogP contribution < -0.4 is 0 Å². The molecule has 88 valence electrons. The topological polar surface area (TPSA) is 57.5 Å². The van der Waals surface area contributed by atoms with Crippen molar-refractivity contribution in [3.63, 3.8) is 0 Å². The smallest absolute Gasteiger partial charge is 0.341 e. The lowest BCUT2D eigenvalue weighted by Crippen LogP contribution is -2.07. The number of hydrogen-bond donors (Lipinski definition) is 2. The number of aromatic carboxylic acids is 1. The van der Waals surface area contributed by atoms with Crippen LogP contribution in [0.5, 0.6) is 0 Å². The molecule has 0 heterocycles. The summed E-state index contributed by atoms with van der Waals surface area (Å²) >= 11 is 0. The van der Waals surface area contributed by atoms with E-state index in [1.165, 1.54) is 0 Å². The monoisotopic (exact) mass is 230 g/mol. The summed E-state index contributed by atoms with van der Waals surface area (Å²) in [6.45, 7) is 1.82. The number of aliphatic hydroxyl groups is 1. The lowest BCUT2D eigenvalue weighted by molar-refractivity contribution is 0.0686. The summed E-state index contributed by atoms with van der Waals surface area (Å²) in [5.74, 6) is -4.00. The molecular formula is C11H12F2O3. The van der Waals surface area contributed by atoms with Crippen molar-refractivity contribution in [2.45, 2.75) is 25.9 Å². The Hall–Kier alpha value is -1.49. The maximum absolute atomic E-state index is 13.2. The van der Waals surface area contributed by atoms with Gasteiger partial charge in [0, 0.05) is 0 Å². The highest BCUT2D eigenvalue weighted by molar-refractivity contribution is 5.88. The van der Waals surface area contributed by atoms with Crippen molar-refractivity contribution in [1.82, 2.24) is 0 Å². The Bertz CT molecular complexity index is 381. The summed E-state index contributed by atoms with van der Waals surface area (Å²) in [6, 6.07) is 1.71. The molecule has 2 N–H and O–H groups in total. The van der Waals surface area contributed by atoms with Crippen molar-refractivity contribution in [3.8, 4) is 0 Å². The van der Waals surface area contributed by atoms with E-state index in [4.69, 9.17) is 5.11 Å². The van der Waals surface area contributed by atoms with Crippen LogP contribution in [0.25, 0.3) is 0 Å². The number of hydrogen-bond acceptors (Lipinski definition) is 2. The second kappa shape index (κ2) is 5.03. The molecule has 0 bridgehead atoms. The van der Waals surface area contributed by atoms with Crippen LogP contribution in [0.4, 0.5) is 8.78 Å². The Morgan fingerprint density at radius 1 is 1.38 bits per heavy atom. The number of benzene rings is 1. The van der Waals surface area contributed by atoms with E-state index in [2.05, 4.69) is 0 Å². The zero-order valence-electron chi connectivity index (χ0n) is 8.70. The third-order valence-electron chi connectivity index (χ3n) is 2.23. The van der Waals surface area contributed by atoms with E-state index >= 15 is 0 Å². The van der Waals surface area contributed by atoms with Crippen LogP contribution in [0.2, 0.25) is 0 Å². The van der Waals surface area contributed by atoms with Crippen LogP contribution in [0.1, 0.15) is 41.8 Å². The van der Waals surface area contributed by atoms with E-state index < -0.39 is 29.3 Å². The zero-order chi connectivity index (χ0) is 12.3. The van der Waals surface area contributed by atoms with E-state index in [9.17, 15) is 18.7 Å². The van der Waals surface area contributed by atoms with Gasteiger partial charge in [0.1, 0.15) is 17.2 Å². The average Bonchev–Trinajstić information content (AvgIpc) is 2.16. The second-order valence-corrected chi connectivity index (χ2v) is 3.47. The summed E-state index contributed by atoms with van der Waals surface area (Å²) in [5, 5.41) is 18.1. The van der Waals surface area contributed by atoms with Crippen molar-refractivity contribution in [3.05, 3.63) is 34.9 Å². The van der Waals surface area contributed by atoms with Gasteiger partial charge in [-0.1, -0.05) is 13.3 Å². The van der Waals surface area contributed by atoms with Gasteiger partial charge < -0.3 is 10.2 Å². The van der Waals surface area contributed by atoms with Crippen LogP contribution in [0, 0.1) is 11.6 Å². The fourth-order valence-corrected chi connectivity index (χ4v) is 1.43. The first-order chi connectivity index (χ1) is 7.47. The maximum atomic E-state index is 13.2. The molecule has 0 radical (unpaired) electrons. The van der Waals surface area contributed by atoms with Crippen LogP contribution in [-0.2, 0) is 0 Å². The normalized spacial score (nSPS) is 12.5. The highest BCUT2D eigenvalue weighted by atomic mass is 19.1. The number of rotatable bonds is 4. The predicted molar refractivity (Wildman–Crippen MR) is 53.2 cm³/mol. The van der Waals surface area contributed by atoms with E-state index in [-0.39, 0.29) is 5.56 Å². The highest BCUT2D eigenvalue weighted by Gasteiger charge is 2.19. The van der Waals surface area contributed by atoms with Gasteiger partial charge >= 0.3 is 5.97 Å². The Morgan fingerprint density at radius 2 is 1.88 bits per heavy atom. The Labute approximate surface area is 91.3 Å². The Balaban J connectivity index is 3.14. The summed E-state index contributed by atoms with van der Waals surface area (Å²) in [4.78, 5) is 10.5. The van der Waals surface area contributed by atoms with Gasteiger partial charge in [0.2, 0.25) is 0 Å². The molecule has 1 atom stereocenters. The van der Waals surface area contributed by atoms with Crippen LogP contribution in [-0.4, -0.2) is 16.2 Å². The molecule has 0 spiro atoms. The van der Waals surface area contributed by atoms with Crippen molar-refractivity contribution in [2.24, 2.45) is 0 Å². The molecule has 0 aliphatic rings. The van der Waals surface area contributed by atoms with Gasteiger partial charge in [0.25, 0.3) is 0 Å². The number of carbonyl (C=O) groups is 1. The van der Waals surface area contributed by atoms with E-state index in [1.807, 2.05) is 6.92 Å². The molecule has 0 amide bonds. The number of carboxylic acids is 1. The SMILES string of the molecule is CCCC(O)c1cc(F)c(C(=O)O)c(F)c1. The minimum absolute atomic E-state index is 0.0573. The van der Waals surface area contributed by atoms with Crippen LogP contribution in [0.3, 0.4) is 0 Å². The van der Waals surface area contributed by atoms with Gasteiger partial charge in [-0.05, 0) is 24.1 Å². The third-order valence-corrected chi connectivity index (χ3v) is 2.23. The average molecular weight is 230 g/mol. The zero-order valence-corrected chi connectivity index (χ0v) is 8.70. The van der Waals surface area contributed by atoms with Crippen molar-refractivity contribution >= 4 is 5.97 Å². The van der Waals surface area contributed by atoms with E-state index in [0.717, 1.165) is 12.1 Å². The lowest BCUT2D eigenvalue weighted by atomic mass is 10.0. The minimum Gasteiger partial charge on any atom is -0.477 e. The first-order valence-corrected chi connectivity index (χ1v) is 4.87. The van der Waals surface area contributed by atoms with E-state index in [0.29, 0.717) is 12.8 Å².